The zero-order valence-electron chi connectivity index (χ0n) is 15.4. The summed E-state index contributed by atoms with van der Waals surface area (Å²) in [6.07, 6.45) is -0.558. The minimum Gasteiger partial charge on any atom is -0.368 e. The van der Waals surface area contributed by atoms with E-state index in [4.69, 9.17) is 9.47 Å². The predicted molar refractivity (Wildman–Crippen MR) is 95.5 cm³/mol. The normalized spacial score (nSPS) is 14.8. The van der Waals surface area contributed by atoms with Crippen molar-refractivity contribution in [2.24, 2.45) is 0 Å². The van der Waals surface area contributed by atoms with E-state index in [9.17, 15) is 9.59 Å². The van der Waals surface area contributed by atoms with Gasteiger partial charge in [0.2, 0.25) is 0 Å². The molecule has 1 aliphatic rings. The maximum absolute atomic E-state index is 12.3. The average Bonchev–Trinajstić information content (AvgIpc) is 2.64. The van der Waals surface area contributed by atoms with Crippen LogP contribution < -0.4 is 10.2 Å². The third kappa shape index (κ3) is 4.70. The number of methoxy groups -OCH3 is 2. The number of amides is 2. The third-order valence-electron chi connectivity index (χ3n) is 4.63. The number of carbonyl (C=O) groups is 2. The van der Waals surface area contributed by atoms with Gasteiger partial charge in [0, 0.05) is 46.1 Å². The van der Waals surface area contributed by atoms with Gasteiger partial charge in [-0.15, -0.1) is 0 Å². The van der Waals surface area contributed by atoms with Crippen LogP contribution in [0.15, 0.2) is 18.2 Å². The summed E-state index contributed by atoms with van der Waals surface area (Å²) in [6, 6.07) is 6.24. The Kier molecular flexibility index (Phi) is 6.78. The van der Waals surface area contributed by atoms with Crippen molar-refractivity contribution in [3.05, 3.63) is 29.3 Å². The maximum atomic E-state index is 12.3. The molecule has 1 aliphatic heterocycles. The molecule has 7 heteroatoms. The highest BCUT2D eigenvalue weighted by molar-refractivity contribution is 6.35. The summed E-state index contributed by atoms with van der Waals surface area (Å²) < 4.78 is 9.98. The summed E-state index contributed by atoms with van der Waals surface area (Å²) in [7, 11) is 2.96. The first kappa shape index (κ1) is 19.2. The second-order valence-corrected chi connectivity index (χ2v) is 6.11. The van der Waals surface area contributed by atoms with Crippen molar-refractivity contribution in [1.82, 2.24) is 10.2 Å². The van der Waals surface area contributed by atoms with Crippen molar-refractivity contribution in [1.29, 1.82) is 0 Å². The summed E-state index contributed by atoms with van der Waals surface area (Å²) in [5, 5.41) is 2.55. The number of aryl methyl sites for hydroxylation is 1. The van der Waals surface area contributed by atoms with Gasteiger partial charge in [-0.05, 0) is 31.0 Å². The van der Waals surface area contributed by atoms with Crippen LogP contribution in [0, 0.1) is 13.8 Å². The number of hydrogen-bond acceptors (Lipinski definition) is 5. The average molecular weight is 349 g/mol. The Labute approximate surface area is 148 Å². The van der Waals surface area contributed by atoms with Crippen molar-refractivity contribution >= 4 is 17.5 Å². The molecule has 0 saturated carbocycles. The molecule has 0 spiro atoms. The molecule has 1 heterocycles. The minimum atomic E-state index is -0.626. The minimum absolute atomic E-state index is 0.139. The first-order valence-electron chi connectivity index (χ1n) is 8.41. The second kappa shape index (κ2) is 8.82. The van der Waals surface area contributed by atoms with Gasteiger partial charge >= 0.3 is 11.8 Å². The van der Waals surface area contributed by atoms with E-state index >= 15 is 0 Å². The van der Waals surface area contributed by atoms with Gasteiger partial charge in [0.05, 0.1) is 6.54 Å². The number of benzene rings is 1. The van der Waals surface area contributed by atoms with Gasteiger partial charge in [0.1, 0.15) is 0 Å². The van der Waals surface area contributed by atoms with Crippen molar-refractivity contribution in [3.8, 4) is 0 Å². The Morgan fingerprint density at radius 2 is 1.76 bits per heavy atom. The number of anilines is 1. The summed E-state index contributed by atoms with van der Waals surface area (Å²) in [6.45, 7) is 6.81. The molecule has 0 unspecified atom stereocenters. The van der Waals surface area contributed by atoms with E-state index in [1.807, 2.05) is 6.07 Å². The monoisotopic (exact) mass is 349 g/mol. The number of nitrogens with zero attached hydrogens (tertiary/aromatic N) is 2. The van der Waals surface area contributed by atoms with Gasteiger partial charge < -0.3 is 24.6 Å². The molecule has 2 amide bonds. The second-order valence-electron chi connectivity index (χ2n) is 6.11. The lowest BCUT2D eigenvalue weighted by molar-refractivity contribution is -0.148. The molecule has 0 atom stereocenters. The van der Waals surface area contributed by atoms with Crippen LogP contribution in [0.1, 0.15) is 11.1 Å². The van der Waals surface area contributed by atoms with Crippen LogP contribution in [0.5, 0.6) is 0 Å². The number of ether oxygens (including phenoxy) is 2. The number of piperazine rings is 1. The third-order valence-corrected chi connectivity index (χ3v) is 4.63. The number of nitrogens with one attached hydrogen (secondary N) is 1. The SMILES string of the molecule is COC(CNC(=O)C(=O)N1CCN(c2cccc(C)c2C)CC1)OC. The van der Waals surface area contributed by atoms with E-state index in [1.165, 1.54) is 31.0 Å². The zero-order valence-corrected chi connectivity index (χ0v) is 15.4. The Hall–Kier alpha value is -2.12. The van der Waals surface area contributed by atoms with E-state index in [0.717, 1.165) is 0 Å². The molecule has 2 rings (SSSR count). The van der Waals surface area contributed by atoms with E-state index < -0.39 is 18.1 Å². The highest BCUT2D eigenvalue weighted by Crippen LogP contribution is 2.23. The van der Waals surface area contributed by atoms with Gasteiger partial charge in [-0.2, -0.15) is 0 Å². The zero-order chi connectivity index (χ0) is 18.4. The molecule has 1 N–H and O–H groups in total. The number of rotatable bonds is 5. The molecular weight excluding hydrogens is 322 g/mol. The molecule has 0 aromatic heterocycles. The first-order valence-corrected chi connectivity index (χ1v) is 8.41. The van der Waals surface area contributed by atoms with Gasteiger partial charge in [-0.25, -0.2) is 0 Å². The lowest BCUT2D eigenvalue weighted by atomic mass is 10.1. The summed E-state index contributed by atoms with van der Waals surface area (Å²) >= 11 is 0. The molecular formula is C18H27N3O4. The van der Waals surface area contributed by atoms with Crippen LogP contribution in [0.3, 0.4) is 0 Å². The highest BCUT2D eigenvalue weighted by Gasteiger charge is 2.27. The molecule has 1 aromatic rings. The van der Waals surface area contributed by atoms with Crippen LogP contribution in [-0.2, 0) is 19.1 Å². The van der Waals surface area contributed by atoms with Crippen LogP contribution >= 0.6 is 0 Å². The molecule has 1 fully saturated rings. The quantitative estimate of drug-likeness (QED) is 0.625. The Bertz CT molecular complexity index is 608. The Morgan fingerprint density at radius 1 is 1.12 bits per heavy atom. The van der Waals surface area contributed by atoms with Crippen LogP contribution in [-0.4, -0.2) is 69.9 Å². The molecule has 0 aliphatic carbocycles. The van der Waals surface area contributed by atoms with Crippen molar-refractivity contribution in [3.63, 3.8) is 0 Å². The van der Waals surface area contributed by atoms with Crippen LogP contribution in [0.4, 0.5) is 5.69 Å². The fourth-order valence-corrected chi connectivity index (χ4v) is 2.89. The highest BCUT2D eigenvalue weighted by atomic mass is 16.7. The largest absolute Gasteiger partial charge is 0.368 e. The first-order chi connectivity index (χ1) is 12.0. The molecule has 0 bridgehead atoms. The van der Waals surface area contributed by atoms with E-state index in [1.54, 1.807) is 4.90 Å². The Balaban J connectivity index is 1.87. The van der Waals surface area contributed by atoms with Gasteiger partial charge in [-0.1, -0.05) is 12.1 Å². The van der Waals surface area contributed by atoms with Crippen molar-refractivity contribution in [2.45, 2.75) is 20.1 Å². The van der Waals surface area contributed by atoms with E-state index in [2.05, 4.69) is 36.2 Å². The fraction of sp³-hybridized carbons (Fsp3) is 0.556. The van der Waals surface area contributed by atoms with E-state index in [0.29, 0.717) is 26.2 Å². The number of hydrogen-bond donors (Lipinski definition) is 1. The molecule has 1 aromatic carbocycles. The van der Waals surface area contributed by atoms with Gasteiger partial charge in [-0.3, -0.25) is 9.59 Å². The Morgan fingerprint density at radius 3 is 2.36 bits per heavy atom. The number of carbonyl (C=O) groups excluding carboxylic acids is 2. The maximum Gasteiger partial charge on any atom is 0.312 e. The van der Waals surface area contributed by atoms with Crippen LogP contribution in [0.2, 0.25) is 0 Å². The standard InChI is InChI=1S/C18H27N3O4/c1-13-6-5-7-15(14(13)2)20-8-10-21(11-9-20)18(23)17(22)19-12-16(24-3)25-4/h5-7,16H,8-12H2,1-4H3,(H,19,22). The molecule has 7 nitrogen and oxygen atoms in total. The van der Waals surface area contributed by atoms with E-state index in [-0.39, 0.29) is 6.54 Å². The smallest absolute Gasteiger partial charge is 0.312 e. The molecule has 0 radical (unpaired) electrons. The summed E-state index contributed by atoms with van der Waals surface area (Å²) in [5.41, 5.74) is 3.70. The molecule has 25 heavy (non-hydrogen) atoms. The van der Waals surface area contributed by atoms with Crippen molar-refractivity contribution in [2.75, 3.05) is 51.8 Å². The molecule has 1 saturated heterocycles. The molecule has 138 valence electrons. The lowest BCUT2D eigenvalue weighted by Gasteiger charge is -2.36. The van der Waals surface area contributed by atoms with Crippen LogP contribution in [0.25, 0.3) is 0 Å². The lowest BCUT2D eigenvalue weighted by Crippen LogP contribution is -2.53. The van der Waals surface area contributed by atoms with Gasteiger partial charge in [0.25, 0.3) is 0 Å². The van der Waals surface area contributed by atoms with Crippen molar-refractivity contribution < 1.29 is 19.1 Å². The van der Waals surface area contributed by atoms with Gasteiger partial charge in [0.15, 0.2) is 6.29 Å². The topological polar surface area (TPSA) is 71.1 Å². The predicted octanol–water partition coefficient (Wildman–Crippen LogP) is 0.687. The summed E-state index contributed by atoms with van der Waals surface area (Å²) in [5.74, 6) is -1.13. The fourth-order valence-electron chi connectivity index (χ4n) is 2.89. The summed E-state index contributed by atoms with van der Waals surface area (Å²) in [4.78, 5) is 28.1.